The third kappa shape index (κ3) is 3.64. The Balaban J connectivity index is 1.46. The van der Waals surface area contributed by atoms with Gasteiger partial charge in [-0.3, -0.25) is 4.79 Å². The average Bonchev–Trinajstić information content (AvgIpc) is 2.94. The van der Waals surface area contributed by atoms with E-state index in [-0.39, 0.29) is 5.91 Å². The van der Waals surface area contributed by atoms with E-state index < -0.39 is 0 Å². The molecule has 5 nitrogen and oxygen atoms in total. The van der Waals surface area contributed by atoms with Gasteiger partial charge in [0.1, 0.15) is 5.52 Å². The van der Waals surface area contributed by atoms with Crippen molar-refractivity contribution in [3.8, 4) is 0 Å². The molecule has 25 heavy (non-hydrogen) atoms. The van der Waals surface area contributed by atoms with E-state index in [1.165, 1.54) is 25.7 Å². The lowest BCUT2D eigenvalue weighted by Crippen LogP contribution is -2.15. The normalized spacial score (nSPS) is 15.1. The minimum Gasteiger partial charge on any atom is -0.443 e. The Morgan fingerprint density at radius 3 is 2.88 bits per heavy atom. The number of amides is 1. The second-order valence-electron chi connectivity index (χ2n) is 6.03. The lowest BCUT2D eigenvalue weighted by Gasteiger charge is -2.21. The van der Waals surface area contributed by atoms with Crippen LogP contribution in [0, 0.1) is 0 Å². The van der Waals surface area contributed by atoms with Crippen molar-refractivity contribution in [1.29, 1.82) is 0 Å². The Bertz CT molecular complexity index is 868. The molecule has 0 aliphatic carbocycles. The van der Waals surface area contributed by atoms with Crippen LogP contribution in [0.2, 0.25) is 0 Å². The lowest BCUT2D eigenvalue weighted by molar-refractivity contribution is 0.102. The highest BCUT2D eigenvalue weighted by molar-refractivity contribution is 8.00. The highest BCUT2D eigenvalue weighted by Crippen LogP contribution is 2.27. The van der Waals surface area contributed by atoms with Crippen molar-refractivity contribution < 1.29 is 9.21 Å². The first-order chi connectivity index (χ1) is 12.3. The molecular formula is C19H19N3O2S. The molecule has 2 aromatic carbocycles. The first-order valence-electron chi connectivity index (χ1n) is 8.45. The van der Waals surface area contributed by atoms with Crippen LogP contribution in [0.3, 0.4) is 0 Å². The van der Waals surface area contributed by atoms with Gasteiger partial charge in [0.2, 0.25) is 0 Å². The van der Waals surface area contributed by atoms with Crippen LogP contribution in [0.25, 0.3) is 11.1 Å². The summed E-state index contributed by atoms with van der Waals surface area (Å²) in [5.41, 5.74) is 3.94. The van der Waals surface area contributed by atoms with Gasteiger partial charge >= 0.3 is 0 Å². The summed E-state index contributed by atoms with van der Waals surface area (Å²) < 4.78 is 7.54. The van der Waals surface area contributed by atoms with Crippen molar-refractivity contribution in [2.75, 3.05) is 21.9 Å². The van der Waals surface area contributed by atoms with Crippen molar-refractivity contribution in [3.05, 3.63) is 54.4 Å². The number of hydrogen-bond donors (Lipinski definition) is 1. The maximum absolute atomic E-state index is 12.5. The molecule has 0 saturated carbocycles. The summed E-state index contributed by atoms with van der Waals surface area (Å²) in [7, 11) is 0. The minimum absolute atomic E-state index is 0.127. The van der Waals surface area contributed by atoms with Crippen LogP contribution in [-0.2, 0) is 0 Å². The Hall–Kier alpha value is -2.47. The van der Waals surface area contributed by atoms with Crippen LogP contribution in [0.5, 0.6) is 0 Å². The molecule has 0 bridgehead atoms. The molecule has 6 heteroatoms. The van der Waals surface area contributed by atoms with Gasteiger partial charge in [0.05, 0.1) is 0 Å². The molecule has 1 aliphatic rings. The topological polar surface area (TPSA) is 58.4 Å². The number of oxazole rings is 1. The zero-order chi connectivity index (χ0) is 17.1. The molecular weight excluding hydrogens is 334 g/mol. The van der Waals surface area contributed by atoms with E-state index in [1.807, 2.05) is 42.3 Å². The van der Waals surface area contributed by atoms with Gasteiger partial charge < -0.3 is 14.0 Å². The number of aromatic nitrogens is 1. The predicted molar refractivity (Wildman–Crippen MR) is 102 cm³/mol. The summed E-state index contributed by atoms with van der Waals surface area (Å²) in [5.74, 6) is 1.03. The third-order valence-electron chi connectivity index (χ3n) is 4.26. The molecule has 1 aromatic heterocycles. The number of nitrogens with one attached hydrogen (secondary N) is 1. The maximum atomic E-state index is 12.5. The fourth-order valence-corrected chi connectivity index (χ4v) is 3.98. The minimum atomic E-state index is -0.127. The molecule has 1 aliphatic heterocycles. The number of carbonyl (C=O) groups excluding carboxylic acids is 1. The number of rotatable bonds is 3. The number of anilines is 2. The van der Waals surface area contributed by atoms with Crippen LogP contribution in [0.1, 0.15) is 29.6 Å². The molecule has 128 valence electrons. The highest BCUT2D eigenvalue weighted by Gasteiger charge is 2.12. The van der Waals surface area contributed by atoms with Gasteiger partial charge in [-0.05, 0) is 67.3 Å². The number of benzene rings is 2. The van der Waals surface area contributed by atoms with E-state index in [0.29, 0.717) is 16.8 Å². The Kier molecular flexibility index (Phi) is 4.61. The first kappa shape index (κ1) is 16.0. The van der Waals surface area contributed by atoms with E-state index in [4.69, 9.17) is 4.42 Å². The summed E-state index contributed by atoms with van der Waals surface area (Å²) in [6.45, 7) is 1.06. The van der Waals surface area contributed by atoms with Crippen molar-refractivity contribution in [3.63, 3.8) is 0 Å². The van der Waals surface area contributed by atoms with Gasteiger partial charge in [0.15, 0.2) is 12.0 Å². The summed E-state index contributed by atoms with van der Waals surface area (Å²) in [6.07, 6.45) is 5.19. The predicted octanol–water partition coefficient (Wildman–Crippen LogP) is 4.72. The molecule has 1 N–H and O–H groups in total. The average molecular weight is 353 g/mol. The number of fused-ring (bicyclic) bond motifs is 1. The fraction of sp³-hybridized carbons (Fsp3) is 0.263. The number of nitrogens with zero attached hydrogens (tertiary/aromatic N) is 2. The molecule has 1 fully saturated rings. The Morgan fingerprint density at radius 2 is 2.00 bits per heavy atom. The third-order valence-corrected chi connectivity index (χ3v) is 5.43. The molecule has 0 radical (unpaired) electrons. The maximum Gasteiger partial charge on any atom is 0.255 e. The van der Waals surface area contributed by atoms with Crippen LogP contribution in [-0.4, -0.2) is 23.2 Å². The summed E-state index contributed by atoms with van der Waals surface area (Å²) in [6, 6.07) is 13.2. The fourth-order valence-electron chi connectivity index (χ4n) is 2.90. The molecule has 4 rings (SSSR count). The molecule has 0 atom stereocenters. The molecule has 3 aromatic rings. The smallest absolute Gasteiger partial charge is 0.255 e. The monoisotopic (exact) mass is 353 g/mol. The van der Waals surface area contributed by atoms with E-state index in [9.17, 15) is 4.79 Å². The summed E-state index contributed by atoms with van der Waals surface area (Å²) >= 11 is 1.87. The van der Waals surface area contributed by atoms with Crippen LogP contribution in [0.4, 0.5) is 11.4 Å². The number of carbonyl (C=O) groups is 1. The van der Waals surface area contributed by atoms with Crippen LogP contribution >= 0.6 is 11.9 Å². The number of hydrogen-bond acceptors (Lipinski definition) is 5. The van der Waals surface area contributed by atoms with Crippen molar-refractivity contribution in [2.24, 2.45) is 0 Å². The standard InChI is InChI=1S/C19H19N3O2S/c23-19(21-15-6-9-18-17(12-15)20-13-24-18)14-4-7-16(8-5-14)22-10-2-1-3-11-25-22/h4-9,12-13H,1-3,10-11H2,(H,21,23). The van der Waals surface area contributed by atoms with Gasteiger partial charge in [-0.2, -0.15) is 0 Å². The van der Waals surface area contributed by atoms with E-state index in [1.54, 1.807) is 12.1 Å². The zero-order valence-corrected chi connectivity index (χ0v) is 14.6. The van der Waals surface area contributed by atoms with Crippen LogP contribution in [0.15, 0.2) is 53.3 Å². The van der Waals surface area contributed by atoms with Gasteiger partial charge in [0, 0.05) is 29.2 Å². The molecule has 2 heterocycles. The summed E-state index contributed by atoms with van der Waals surface area (Å²) in [5, 5.41) is 2.91. The van der Waals surface area contributed by atoms with Crippen LogP contribution < -0.4 is 9.62 Å². The lowest BCUT2D eigenvalue weighted by atomic mass is 10.1. The van der Waals surface area contributed by atoms with Crippen molar-refractivity contribution >= 4 is 40.3 Å². The van der Waals surface area contributed by atoms with E-state index in [0.717, 1.165) is 23.5 Å². The molecule has 0 unspecified atom stereocenters. The van der Waals surface area contributed by atoms with Gasteiger partial charge in [-0.25, -0.2) is 4.98 Å². The highest BCUT2D eigenvalue weighted by atomic mass is 32.2. The van der Waals surface area contributed by atoms with Gasteiger partial charge in [0.25, 0.3) is 5.91 Å². The SMILES string of the molecule is O=C(Nc1ccc2ocnc2c1)c1ccc(N2CCCCCS2)cc1. The Labute approximate surface area is 150 Å². The van der Waals surface area contributed by atoms with Crippen molar-refractivity contribution in [1.82, 2.24) is 4.98 Å². The second kappa shape index (κ2) is 7.19. The van der Waals surface area contributed by atoms with E-state index >= 15 is 0 Å². The zero-order valence-electron chi connectivity index (χ0n) is 13.8. The summed E-state index contributed by atoms with van der Waals surface area (Å²) in [4.78, 5) is 16.6. The largest absolute Gasteiger partial charge is 0.443 e. The first-order valence-corrected chi connectivity index (χ1v) is 9.39. The second-order valence-corrected chi connectivity index (χ2v) is 7.14. The van der Waals surface area contributed by atoms with E-state index in [2.05, 4.69) is 14.6 Å². The van der Waals surface area contributed by atoms with Gasteiger partial charge in [-0.1, -0.05) is 6.42 Å². The van der Waals surface area contributed by atoms with Gasteiger partial charge in [-0.15, -0.1) is 0 Å². The molecule has 0 spiro atoms. The van der Waals surface area contributed by atoms with Crippen molar-refractivity contribution in [2.45, 2.75) is 19.3 Å². The molecule has 1 saturated heterocycles. The quantitative estimate of drug-likeness (QED) is 0.691. The molecule has 1 amide bonds. The Morgan fingerprint density at radius 1 is 1.12 bits per heavy atom.